The molecule has 0 aliphatic rings. The Balaban J connectivity index is 3.64. The lowest BCUT2D eigenvalue weighted by Crippen LogP contribution is -2.41. The molecule has 0 bridgehead atoms. The summed E-state index contributed by atoms with van der Waals surface area (Å²) in [4.78, 5) is 21.4. The number of carboxylic acid groups (broad SMARTS) is 1. The van der Waals surface area contributed by atoms with Gasteiger partial charge in [-0.2, -0.15) is 13.2 Å². The molecular weight excluding hydrogens is 253 g/mol. The first-order valence-electron chi connectivity index (χ1n) is 5.49. The fourth-order valence-corrected chi connectivity index (χ4v) is 1.28. The Kier molecular flexibility index (Phi) is 7.33. The Morgan fingerprint density at radius 3 is 2.44 bits per heavy atom. The monoisotopic (exact) mass is 270 g/mol. The van der Waals surface area contributed by atoms with Gasteiger partial charge in [0.05, 0.1) is 13.1 Å². The summed E-state index contributed by atoms with van der Waals surface area (Å²) in [6.45, 7) is 0.0418. The average molecular weight is 270 g/mol. The van der Waals surface area contributed by atoms with Gasteiger partial charge in [-0.15, -0.1) is 0 Å². The molecule has 0 radical (unpaired) electrons. The first-order chi connectivity index (χ1) is 8.20. The molecule has 0 spiro atoms. The molecule has 3 N–H and O–H groups in total. The highest BCUT2D eigenvalue weighted by Gasteiger charge is 2.26. The third-order valence-electron chi connectivity index (χ3n) is 2.05. The van der Waals surface area contributed by atoms with Crippen LogP contribution in [0.3, 0.4) is 0 Å². The lowest BCUT2D eigenvalue weighted by molar-refractivity contribution is -0.137. The van der Waals surface area contributed by atoms with E-state index < -0.39 is 31.1 Å². The molecule has 0 rings (SSSR count). The number of carbonyl (C=O) groups is 2. The van der Waals surface area contributed by atoms with Crippen LogP contribution in [0.2, 0.25) is 0 Å². The largest absolute Gasteiger partial charge is 0.481 e. The first-order valence-corrected chi connectivity index (χ1v) is 5.49. The normalized spacial score (nSPS) is 13.1. The standard InChI is InChI=1S/C10H17F3N2O3/c1-7(3-2-4-9(17)18)15-8(16)5-14-6-10(11,12)13/h7,14H,2-6H2,1H3,(H,15,16)(H,17,18). The van der Waals surface area contributed by atoms with Crippen LogP contribution in [0.4, 0.5) is 13.2 Å². The second-order valence-electron chi connectivity index (χ2n) is 3.97. The summed E-state index contributed by atoms with van der Waals surface area (Å²) in [5.41, 5.74) is 0. The van der Waals surface area contributed by atoms with E-state index in [0.29, 0.717) is 12.8 Å². The molecule has 0 aromatic heterocycles. The van der Waals surface area contributed by atoms with Crippen molar-refractivity contribution in [1.82, 2.24) is 10.6 Å². The Labute approximate surface area is 103 Å². The van der Waals surface area contributed by atoms with Crippen molar-refractivity contribution in [3.63, 3.8) is 0 Å². The lowest BCUT2D eigenvalue weighted by atomic mass is 10.1. The van der Waals surface area contributed by atoms with Crippen molar-refractivity contribution in [1.29, 1.82) is 0 Å². The van der Waals surface area contributed by atoms with E-state index in [4.69, 9.17) is 5.11 Å². The van der Waals surface area contributed by atoms with Crippen LogP contribution in [0.25, 0.3) is 0 Å². The molecule has 0 aliphatic heterocycles. The number of rotatable bonds is 8. The number of carboxylic acids is 1. The maximum absolute atomic E-state index is 11.8. The number of aliphatic carboxylic acids is 1. The predicted molar refractivity (Wildman–Crippen MR) is 58.0 cm³/mol. The topological polar surface area (TPSA) is 78.4 Å². The Morgan fingerprint density at radius 1 is 1.33 bits per heavy atom. The van der Waals surface area contributed by atoms with Gasteiger partial charge in [-0.25, -0.2) is 0 Å². The van der Waals surface area contributed by atoms with Crippen molar-refractivity contribution in [3.8, 4) is 0 Å². The van der Waals surface area contributed by atoms with Crippen LogP contribution in [0, 0.1) is 0 Å². The van der Waals surface area contributed by atoms with Crippen molar-refractivity contribution in [2.24, 2.45) is 0 Å². The van der Waals surface area contributed by atoms with E-state index in [1.807, 2.05) is 5.32 Å². The van der Waals surface area contributed by atoms with Gasteiger partial charge in [0.25, 0.3) is 0 Å². The van der Waals surface area contributed by atoms with Gasteiger partial charge in [-0.05, 0) is 19.8 Å². The van der Waals surface area contributed by atoms with Crippen LogP contribution in [0.5, 0.6) is 0 Å². The number of hydrogen-bond donors (Lipinski definition) is 3. The number of hydrogen-bond acceptors (Lipinski definition) is 3. The SMILES string of the molecule is CC(CCCC(=O)O)NC(=O)CNCC(F)(F)F. The van der Waals surface area contributed by atoms with Crippen molar-refractivity contribution >= 4 is 11.9 Å². The van der Waals surface area contributed by atoms with E-state index in [1.165, 1.54) is 0 Å². The van der Waals surface area contributed by atoms with Crippen molar-refractivity contribution in [2.75, 3.05) is 13.1 Å². The molecule has 1 amide bonds. The summed E-state index contributed by atoms with van der Waals surface area (Å²) >= 11 is 0. The van der Waals surface area contributed by atoms with E-state index >= 15 is 0 Å². The van der Waals surface area contributed by atoms with Gasteiger partial charge < -0.3 is 15.7 Å². The molecule has 1 unspecified atom stereocenters. The van der Waals surface area contributed by atoms with Crippen LogP contribution in [-0.2, 0) is 9.59 Å². The Hall–Kier alpha value is -1.31. The van der Waals surface area contributed by atoms with Gasteiger partial charge in [0.15, 0.2) is 0 Å². The number of nitrogens with one attached hydrogen (secondary N) is 2. The summed E-state index contributed by atoms with van der Waals surface area (Å²) in [5.74, 6) is -1.46. The summed E-state index contributed by atoms with van der Waals surface area (Å²) in [7, 11) is 0. The van der Waals surface area contributed by atoms with E-state index in [0.717, 1.165) is 0 Å². The van der Waals surface area contributed by atoms with Crippen LogP contribution in [0.1, 0.15) is 26.2 Å². The molecule has 0 aromatic carbocycles. The van der Waals surface area contributed by atoms with Crippen LogP contribution >= 0.6 is 0 Å². The first kappa shape index (κ1) is 16.7. The molecule has 18 heavy (non-hydrogen) atoms. The van der Waals surface area contributed by atoms with Gasteiger partial charge in [0, 0.05) is 12.5 Å². The van der Waals surface area contributed by atoms with E-state index in [9.17, 15) is 22.8 Å². The van der Waals surface area contributed by atoms with Crippen molar-refractivity contribution < 1.29 is 27.9 Å². The second kappa shape index (κ2) is 7.91. The minimum atomic E-state index is -4.34. The zero-order chi connectivity index (χ0) is 14.2. The number of carbonyl (C=O) groups excluding carboxylic acids is 1. The summed E-state index contributed by atoms with van der Waals surface area (Å²) in [6, 6.07) is -0.260. The van der Waals surface area contributed by atoms with E-state index in [-0.39, 0.29) is 12.5 Å². The third-order valence-corrected chi connectivity index (χ3v) is 2.05. The number of halogens is 3. The molecule has 106 valence electrons. The highest BCUT2D eigenvalue weighted by molar-refractivity contribution is 5.78. The zero-order valence-electron chi connectivity index (χ0n) is 10.0. The quantitative estimate of drug-likeness (QED) is 0.612. The summed E-state index contributed by atoms with van der Waals surface area (Å²) in [6.07, 6.45) is -3.45. The van der Waals surface area contributed by atoms with Crippen LogP contribution in [0.15, 0.2) is 0 Å². The van der Waals surface area contributed by atoms with Crippen molar-refractivity contribution in [2.45, 2.75) is 38.4 Å². The Bertz CT molecular complexity index is 282. The molecule has 0 heterocycles. The van der Waals surface area contributed by atoms with Gasteiger partial charge in [-0.1, -0.05) is 0 Å². The minimum Gasteiger partial charge on any atom is -0.481 e. The molecular formula is C10H17F3N2O3. The van der Waals surface area contributed by atoms with Gasteiger partial charge in [0.1, 0.15) is 0 Å². The lowest BCUT2D eigenvalue weighted by Gasteiger charge is -2.14. The maximum atomic E-state index is 11.8. The maximum Gasteiger partial charge on any atom is 0.401 e. The smallest absolute Gasteiger partial charge is 0.401 e. The molecule has 5 nitrogen and oxygen atoms in total. The fraction of sp³-hybridized carbons (Fsp3) is 0.800. The molecule has 1 atom stereocenters. The Morgan fingerprint density at radius 2 is 1.94 bits per heavy atom. The summed E-state index contributed by atoms with van der Waals surface area (Å²) < 4.78 is 35.3. The molecule has 0 aromatic rings. The highest BCUT2D eigenvalue weighted by atomic mass is 19.4. The average Bonchev–Trinajstić information content (AvgIpc) is 2.14. The number of alkyl halides is 3. The highest BCUT2D eigenvalue weighted by Crippen LogP contribution is 2.11. The minimum absolute atomic E-state index is 0.00648. The van der Waals surface area contributed by atoms with E-state index in [2.05, 4.69) is 5.32 Å². The van der Waals surface area contributed by atoms with E-state index in [1.54, 1.807) is 6.92 Å². The van der Waals surface area contributed by atoms with Crippen LogP contribution in [-0.4, -0.2) is 42.3 Å². The zero-order valence-corrected chi connectivity index (χ0v) is 10.0. The molecule has 8 heteroatoms. The van der Waals surface area contributed by atoms with Gasteiger partial charge >= 0.3 is 12.1 Å². The number of amides is 1. The van der Waals surface area contributed by atoms with Crippen LogP contribution < -0.4 is 10.6 Å². The van der Waals surface area contributed by atoms with Crippen molar-refractivity contribution in [3.05, 3.63) is 0 Å². The molecule has 0 saturated heterocycles. The summed E-state index contributed by atoms with van der Waals surface area (Å²) in [5, 5.41) is 12.8. The van der Waals surface area contributed by atoms with Gasteiger partial charge in [-0.3, -0.25) is 9.59 Å². The fourth-order valence-electron chi connectivity index (χ4n) is 1.28. The van der Waals surface area contributed by atoms with Gasteiger partial charge in [0.2, 0.25) is 5.91 Å². The molecule has 0 aliphatic carbocycles. The third kappa shape index (κ3) is 11.2. The second-order valence-corrected chi connectivity index (χ2v) is 3.97. The molecule has 0 fully saturated rings. The predicted octanol–water partition coefficient (Wildman–Crippen LogP) is 0.898. The molecule has 0 saturated carbocycles.